The molecule has 0 aliphatic heterocycles. The van der Waals surface area contributed by atoms with E-state index in [-0.39, 0.29) is 6.03 Å². The SMILES string of the molecule is Cc1cc(NC(=O)N(Cc2ccccn2)CC(C)C)cn2ccnc12. The molecular formula is C19H23N5O. The van der Waals surface area contributed by atoms with Crippen molar-refractivity contribution in [3.63, 3.8) is 0 Å². The Hall–Kier alpha value is -2.89. The number of aryl methyl sites for hydroxylation is 1. The molecule has 0 bridgehead atoms. The first kappa shape index (κ1) is 17.0. The molecule has 3 rings (SSSR count). The quantitative estimate of drug-likeness (QED) is 0.771. The van der Waals surface area contributed by atoms with Crippen LogP contribution in [0.2, 0.25) is 0 Å². The molecule has 0 aliphatic carbocycles. The molecule has 6 nitrogen and oxygen atoms in total. The fraction of sp³-hybridized carbons (Fsp3) is 0.316. The summed E-state index contributed by atoms with van der Waals surface area (Å²) >= 11 is 0. The molecule has 0 saturated heterocycles. The van der Waals surface area contributed by atoms with Crippen LogP contribution in [0.4, 0.5) is 10.5 Å². The smallest absolute Gasteiger partial charge is 0.318 e. The van der Waals surface area contributed by atoms with E-state index in [1.165, 1.54) is 0 Å². The molecule has 0 saturated carbocycles. The normalized spacial score (nSPS) is 11.0. The zero-order chi connectivity index (χ0) is 17.8. The molecule has 0 atom stereocenters. The van der Waals surface area contributed by atoms with Gasteiger partial charge in [0, 0.05) is 31.3 Å². The number of amides is 2. The molecule has 130 valence electrons. The summed E-state index contributed by atoms with van der Waals surface area (Å²) in [4.78, 5) is 23.2. The van der Waals surface area contributed by atoms with Gasteiger partial charge in [-0.3, -0.25) is 4.98 Å². The van der Waals surface area contributed by atoms with Gasteiger partial charge in [-0.15, -0.1) is 0 Å². The van der Waals surface area contributed by atoms with E-state index in [1.807, 2.05) is 48.0 Å². The highest BCUT2D eigenvalue weighted by molar-refractivity contribution is 5.89. The van der Waals surface area contributed by atoms with Gasteiger partial charge in [-0.2, -0.15) is 0 Å². The van der Waals surface area contributed by atoms with Crippen LogP contribution in [-0.4, -0.2) is 31.8 Å². The summed E-state index contributed by atoms with van der Waals surface area (Å²) < 4.78 is 1.91. The third-order valence-electron chi connectivity index (χ3n) is 3.87. The average molecular weight is 337 g/mol. The van der Waals surface area contributed by atoms with Gasteiger partial charge in [0.15, 0.2) is 0 Å². The summed E-state index contributed by atoms with van der Waals surface area (Å²) in [5.74, 6) is 0.368. The maximum absolute atomic E-state index is 12.8. The number of pyridine rings is 2. The summed E-state index contributed by atoms with van der Waals surface area (Å²) in [5, 5.41) is 3.00. The van der Waals surface area contributed by atoms with Crippen molar-refractivity contribution in [2.75, 3.05) is 11.9 Å². The lowest BCUT2D eigenvalue weighted by molar-refractivity contribution is 0.201. The third kappa shape index (κ3) is 4.15. The molecule has 25 heavy (non-hydrogen) atoms. The number of hydrogen-bond donors (Lipinski definition) is 1. The van der Waals surface area contributed by atoms with Gasteiger partial charge in [-0.25, -0.2) is 9.78 Å². The van der Waals surface area contributed by atoms with Gasteiger partial charge in [0.2, 0.25) is 0 Å². The molecule has 0 aromatic carbocycles. The van der Waals surface area contributed by atoms with Crippen LogP contribution < -0.4 is 5.32 Å². The molecule has 0 radical (unpaired) electrons. The molecule has 0 spiro atoms. The van der Waals surface area contributed by atoms with Crippen LogP contribution in [0.1, 0.15) is 25.1 Å². The minimum Gasteiger partial charge on any atom is -0.318 e. The van der Waals surface area contributed by atoms with E-state index in [0.717, 1.165) is 22.6 Å². The van der Waals surface area contributed by atoms with Crippen LogP contribution in [-0.2, 0) is 6.54 Å². The predicted molar refractivity (Wildman–Crippen MR) is 98.4 cm³/mol. The highest BCUT2D eigenvalue weighted by atomic mass is 16.2. The van der Waals surface area contributed by atoms with Crippen LogP contribution in [0.25, 0.3) is 5.65 Å². The first-order valence-corrected chi connectivity index (χ1v) is 8.42. The highest BCUT2D eigenvalue weighted by Gasteiger charge is 2.16. The molecule has 0 unspecified atom stereocenters. The van der Waals surface area contributed by atoms with Gasteiger partial charge in [-0.05, 0) is 36.6 Å². The maximum atomic E-state index is 12.8. The van der Waals surface area contributed by atoms with Crippen LogP contribution in [0, 0.1) is 12.8 Å². The minimum absolute atomic E-state index is 0.127. The van der Waals surface area contributed by atoms with Gasteiger partial charge in [0.25, 0.3) is 0 Å². The summed E-state index contributed by atoms with van der Waals surface area (Å²) in [5.41, 5.74) is 3.54. The Labute approximate surface area is 147 Å². The first-order chi connectivity index (χ1) is 12.0. The van der Waals surface area contributed by atoms with Crippen molar-refractivity contribution in [3.05, 3.63) is 60.3 Å². The van der Waals surface area contributed by atoms with Crippen molar-refractivity contribution in [1.82, 2.24) is 19.3 Å². The third-order valence-corrected chi connectivity index (χ3v) is 3.87. The summed E-state index contributed by atoms with van der Waals surface area (Å²) in [7, 11) is 0. The number of carbonyl (C=O) groups is 1. The van der Waals surface area contributed by atoms with E-state index in [2.05, 4.69) is 29.1 Å². The lowest BCUT2D eigenvalue weighted by Gasteiger charge is -2.24. The topological polar surface area (TPSA) is 62.5 Å². The number of urea groups is 1. The van der Waals surface area contributed by atoms with Crippen molar-refractivity contribution < 1.29 is 4.79 Å². The number of hydrogen-bond acceptors (Lipinski definition) is 3. The second-order valence-electron chi connectivity index (χ2n) is 6.60. The second kappa shape index (κ2) is 7.34. The number of fused-ring (bicyclic) bond motifs is 1. The van der Waals surface area contributed by atoms with E-state index < -0.39 is 0 Å². The molecular weight excluding hydrogens is 314 g/mol. The van der Waals surface area contributed by atoms with Crippen molar-refractivity contribution in [2.45, 2.75) is 27.3 Å². The van der Waals surface area contributed by atoms with Gasteiger partial charge in [0.1, 0.15) is 5.65 Å². The lowest BCUT2D eigenvalue weighted by Crippen LogP contribution is -2.37. The van der Waals surface area contributed by atoms with Crippen LogP contribution >= 0.6 is 0 Å². The Balaban J connectivity index is 1.78. The number of nitrogens with one attached hydrogen (secondary N) is 1. The molecule has 3 heterocycles. The maximum Gasteiger partial charge on any atom is 0.322 e. The fourth-order valence-electron chi connectivity index (χ4n) is 2.83. The minimum atomic E-state index is -0.127. The largest absolute Gasteiger partial charge is 0.322 e. The number of nitrogens with zero attached hydrogens (tertiary/aromatic N) is 4. The first-order valence-electron chi connectivity index (χ1n) is 8.42. The predicted octanol–water partition coefficient (Wildman–Crippen LogP) is 3.73. The number of carbonyl (C=O) groups excluding carboxylic acids is 1. The number of anilines is 1. The van der Waals surface area contributed by atoms with Crippen molar-refractivity contribution in [3.8, 4) is 0 Å². The summed E-state index contributed by atoms with van der Waals surface area (Å²) in [6, 6.07) is 7.55. The number of rotatable bonds is 5. The number of aromatic nitrogens is 3. The van der Waals surface area contributed by atoms with E-state index in [1.54, 1.807) is 17.3 Å². The monoisotopic (exact) mass is 337 g/mol. The van der Waals surface area contributed by atoms with Gasteiger partial charge < -0.3 is 14.6 Å². The fourth-order valence-corrected chi connectivity index (χ4v) is 2.83. The Kier molecular flexibility index (Phi) is 4.97. The van der Waals surface area contributed by atoms with Crippen LogP contribution in [0.5, 0.6) is 0 Å². The van der Waals surface area contributed by atoms with E-state index in [4.69, 9.17) is 0 Å². The summed E-state index contributed by atoms with van der Waals surface area (Å²) in [6.07, 6.45) is 7.25. The van der Waals surface area contributed by atoms with Gasteiger partial charge in [-0.1, -0.05) is 19.9 Å². The Bertz CT molecular complexity index is 857. The molecule has 3 aromatic heterocycles. The van der Waals surface area contributed by atoms with E-state index in [9.17, 15) is 4.79 Å². The van der Waals surface area contributed by atoms with Gasteiger partial charge in [0.05, 0.1) is 17.9 Å². The van der Waals surface area contributed by atoms with Crippen molar-refractivity contribution in [1.29, 1.82) is 0 Å². The molecule has 0 aliphatic rings. The Morgan fingerprint density at radius 2 is 2.12 bits per heavy atom. The van der Waals surface area contributed by atoms with E-state index >= 15 is 0 Å². The van der Waals surface area contributed by atoms with Crippen molar-refractivity contribution >= 4 is 17.4 Å². The highest BCUT2D eigenvalue weighted by Crippen LogP contribution is 2.16. The van der Waals surface area contributed by atoms with Gasteiger partial charge >= 0.3 is 6.03 Å². The van der Waals surface area contributed by atoms with E-state index in [0.29, 0.717) is 19.0 Å². The average Bonchev–Trinajstić information content (AvgIpc) is 3.04. The molecule has 0 fully saturated rings. The lowest BCUT2D eigenvalue weighted by atomic mass is 10.2. The second-order valence-corrected chi connectivity index (χ2v) is 6.60. The summed E-state index contributed by atoms with van der Waals surface area (Å²) in [6.45, 7) is 7.32. The van der Waals surface area contributed by atoms with Crippen LogP contribution in [0.15, 0.2) is 49.1 Å². The van der Waals surface area contributed by atoms with Crippen LogP contribution in [0.3, 0.4) is 0 Å². The number of imidazole rings is 1. The zero-order valence-corrected chi connectivity index (χ0v) is 14.8. The van der Waals surface area contributed by atoms with Crippen molar-refractivity contribution in [2.24, 2.45) is 5.92 Å². The zero-order valence-electron chi connectivity index (χ0n) is 14.8. The molecule has 2 amide bonds. The Morgan fingerprint density at radius 1 is 1.28 bits per heavy atom. The Morgan fingerprint density at radius 3 is 2.84 bits per heavy atom. The molecule has 1 N–H and O–H groups in total. The molecule has 6 heteroatoms. The molecule has 3 aromatic rings. The standard InChI is InChI=1S/C19H23N5O/c1-14(2)11-24(12-16-6-4-5-7-20-16)19(25)22-17-10-15(3)18-21-8-9-23(18)13-17/h4-10,13-14H,11-12H2,1-3H3,(H,22,25).